The molecule has 30 heavy (non-hydrogen) atoms. The van der Waals surface area contributed by atoms with E-state index in [9.17, 15) is 0 Å². The van der Waals surface area contributed by atoms with Gasteiger partial charge in [-0.1, -0.05) is 129 Å². The van der Waals surface area contributed by atoms with Gasteiger partial charge in [-0.3, -0.25) is 0 Å². The molecule has 1 rings (SSSR count). The second-order valence-corrected chi connectivity index (χ2v) is 10.3. The normalized spacial score (nSPS) is 18.6. The van der Waals surface area contributed by atoms with Gasteiger partial charge in [-0.2, -0.15) is 0 Å². The summed E-state index contributed by atoms with van der Waals surface area (Å²) >= 11 is 0. The number of quaternary nitrogens is 1. The number of hydrogen-bond acceptors (Lipinski definition) is 0. The summed E-state index contributed by atoms with van der Waals surface area (Å²) in [6, 6.07) is 0. The van der Waals surface area contributed by atoms with Crippen molar-refractivity contribution in [3.63, 3.8) is 0 Å². The third kappa shape index (κ3) is 19.0. The Balaban J connectivity index is 0.00000841. The topological polar surface area (TPSA) is 4.44 Å². The van der Waals surface area contributed by atoms with Crippen LogP contribution in [0.15, 0.2) is 0 Å². The van der Waals surface area contributed by atoms with Crippen LogP contribution in [0.5, 0.6) is 0 Å². The third-order valence-corrected chi connectivity index (χ3v) is 7.33. The minimum Gasteiger partial charge on any atom is -1.00 e. The van der Waals surface area contributed by atoms with Crippen LogP contribution in [0.1, 0.15) is 155 Å². The molecule has 1 heterocycles. The van der Waals surface area contributed by atoms with Gasteiger partial charge in [0.2, 0.25) is 0 Å². The Bertz CT molecular complexity index is 290. The molecule has 0 amide bonds. The van der Waals surface area contributed by atoms with Crippen LogP contribution in [-0.4, -0.2) is 19.6 Å². The lowest BCUT2D eigenvalue weighted by molar-refractivity contribution is -0.889. The zero-order valence-corrected chi connectivity index (χ0v) is 21.9. The van der Waals surface area contributed by atoms with E-state index in [1.54, 1.807) is 0 Å². The number of rotatable bonds is 22. The predicted octanol–water partition coefficient (Wildman–Crippen LogP) is 5.13. The first-order chi connectivity index (χ1) is 14.4. The van der Waals surface area contributed by atoms with Crippen molar-refractivity contribution in [2.75, 3.05) is 19.6 Å². The summed E-state index contributed by atoms with van der Waals surface area (Å²) in [5, 5.41) is 0. The van der Waals surface area contributed by atoms with Gasteiger partial charge in [-0.05, 0) is 19.3 Å². The van der Waals surface area contributed by atoms with E-state index in [4.69, 9.17) is 0 Å². The molecule has 0 bridgehead atoms. The lowest BCUT2D eigenvalue weighted by atomic mass is 9.99. The lowest BCUT2D eigenvalue weighted by Crippen LogP contribution is -3.10. The van der Waals surface area contributed by atoms with Crippen LogP contribution in [0.2, 0.25) is 0 Å². The Morgan fingerprint density at radius 2 is 0.933 bits per heavy atom. The molecule has 0 radical (unpaired) electrons. The van der Waals surface area contributed by atoms with Crippen LogP contribution in [0, 0.1) is 5.92 Å². The summed E-state index contributed by atoms with van der Waals surface area (Å²) in [4.78, 5) is 1.93. The maximum absolute atomic E-state index is 2.31. The Morgan fingerprint density at radius 3 is 1.40 bits per heavy atom. The third-order valence-electron chi connectivity index (χ3n) is 7.33. The van der Waals surface area contributed by atoms with Crippen LogP contribution >= 0.6 is 0 Å². The molecule has 1 aliphatic rings. The molecule has 0 aromatic rings. The number of nitrogens with one attached hydrogen (secondary N) is 1. The zero-order valence-electron chi connectivity index (χ0n) is 21.1. The molecule has 2 unspecified atom stereocenters. The van der Waals surface area contributed by atoms with Crippen LogP contribution in [0.4, 0.5) is 0 Å². The first-order valence-corrected chi connectivity index (χ1v) is 14.2. The summed E-state index contributed by atoms with van der Waals surface area (Å²) < 4.78 is 0. The average Bonchev–Trinajstić information content (AvgIpc) is 3.18. The minimum absolute atomic E-state index is 0. The lowest BCUT2D eigenvalue weighted by Gasteiger charge is -2.13. The molecule has 1 fully saturated rings. The molecule has 2 atom stereocenters. The molecule has 0 spiro atoms. The molecule has 2 heteroatoms. The highest BCUT2D eigenvalue weighted by Crippen LogP contribution is 2.17. The molecular weight excluding hydrogens is 386 g/mol. The number of halogens is 1. The van der Waals surface area contributed by atoms with E-state index in [1.165, 1.54) is 161 Å². The summed E-state index contributed by atoms with van der Waals surface area (Å²) in [7, 11) is 0. The molecule has 182 valence electrons. The van der Waals surface area contributed by atoms with Crippen molar-refractivity contribution in [1.29, 1.82) is 0 Å². The van der Waals surface area contributed by atoms with Gasteiger partial charge in [0, 0.05) is 12.3 Å². The van der Waals surface area contributed by atoms with E-state index < -0.39 is 0 Å². The molecule has 0 aromatic carbocycles. The van der Waals surface area contributed by atoms with Gasteiger partial charge in [-0.15, -0.1) is 0 Å². The fourth-order valence-electron chi connectivity index (χ4n) is 5.28. The van der Waals surface area contributed by atoms with Crippen molar-refractivity contribution >= 4 is 0 Å². The molecule has 0 aliphatic carbocycles. The van der Waals surface area contributed by atoms with E-state index >= 15 is 0 Å². The second kappa shape index (κ2) is 23.9. The first kappa shape index (κ1) is 30.2. The molecule has 1 aliphatic heterocycles. The van der Waals surface area contributed by atoms with Crippen molar-refractivity contribution in [2.24, 2.45) is 5.92 Å². The van der Waals surface area contributed by atoms with E-state index in [0.717, 1.165) is 5.92 Å². The summed E-state index contributed by atoms with van der Waals surface area (Å²) in [6.45, 7) is 9.05. The Labute approximate surface area is 197 Å². The van der Waals surface area contributed by atoms with E-state index in [0.29, 0.717) is 0 Å². The zero-order chi connectivity index (χ0) is 20.8. The Kier molecular flexibility index (Phi) is 24.1. The highest BCUT2D eigenvalue weighted by atomic mass is 35.5. The summed E-state index contributed by atoms with van der Waals surface area (Å²) in [5.41, 5.74) is 0. The number of unbranched alkanes of at least 4 members (excludes halogenated alkanes) is 18. The van der Waals surface area contributed by atoms with E-state index in [1.807, 2.05) is 4.90 Å². The molecule has 1 N–H and O–H groups in total. The summed E-state index contributed by atoms with van der Waals surface area (Å²) in [5.74, 6) is 1.06. The van der Waals surface area contributed by atoms with Crippen LogP contribution < -0.4 is 17.3 Å². The van der Waals surface area contributed by atoms with E-state index in [2.05, 4.69) is 13.8 Å². The first-order valence-electron chi connectivity index (χ1n) is 14.2. The van der Waals surface area contributed by atoms with Crippen molar-refractivity contribution < 1.29 is 17.3 Å². The van der Waals surface area contributed by atoms with Crippen LogP contribution in [0.3, 0.4) is 0 Å². The Hall–Kier alpha value is 0.250. The van der Waals surface area contributed by atoms with Gasteiger partial charge in [0.1, 0.15) is 0 Å². The van der Waals surface area contributed by atoms with Gasteiger partial charge in [0.25, 0.3) is 0 Å². The highest BCUT2D eigenvalue weighted by Gasteiger charge is 2.24. The fourth-order valence-corrected chi connectivity index (χ4v) is 5.28. The van der Waals surface area contributed by atoms with Crippen molar-refractivity contribution in [2.45, 2.75) is 155 Å². The fraction of sp³-hybridized carbons (Fsp3) is 1.00. The number of hydrogen-bond donors (Lipinski definition) is 1. The maximum Gasteiger partial charge on any atom is 0.0801 e. The predicted molar refractivity (Wildman–Crippen MR) is 132 cm³/mol. The summed E-state index contributed by atoms with van der Waals surface area (Å²) in [6.07, 6.45) is 32.5. The molecule has 0 aromatic heterocycles. The standard InChI is InChI=1S/C28H57N.ClH/c1-3-5-7-9-11-13-15-17-19-21-23-28-24-26-29(27-28)25-22-20-18-16-14-12-10-8-6-4-2;/h28H,3-27H2,1-2H3;1H. The van der Waals surface area contributed by atoms with Gasteiger partial charge in [0.05, 0.1) is 19.6 Å². The monoisotopic (exact) mass is 443 g/mol. The largest absolute Gasteiger partial charge is 1.00 e. The van der Waals surface area contributed by atoms with Crippen molar-refractivity contribution in [1.82, 2.24) is 0 Å². The Morgan fingerprint density at radius 1 is 0.533 bits per heavy atom. The van der Waals surface area contributed by atoms with Crippen LogP contribution in [0.25, 0.3) is 0 Å². The quantitative estimate of drug-likeness (QED) is 0.221. The number of likely N-dealkylation sites (tertiary alicyclic amines) is 1. The van der Waals surface area contributed by atoms with Crippen molar-refractivity contribution in [3.05, 3.63) is 0 Å². The second-order valence-electron chi connectivity index (χ2n) is 10.3. The van der Waals surface area contributed by atoms with E-state index in [-0.39, 0.29) is 12.4 Å². The van der Waals surface area contributed by atoms with Gasteiger partial charge in [0.15, 0.2) is 0 Å². The van der Waals surface area contributed by atoms with Crippen molar-refractivity contribution in [3.8, 4) is 0 Å². The molecule has 1 saturated heterocycles. The van der Waals surface area contributed by atoms with Gasteiger partial charge in [-0.25, -0.2) is 0 Å². The smallest absolute Gasteiger partial charge is 0.0801 e. The van der Waals surface area contributed by atoms with Gasteiger partial charge >= 0.3 is 0 Å². The molecule has 0 saturated carbocycles. The van der Waals surface area contributed by atoms with Gasteiger partial charge < -0.3 is 17.3 Å². The minimum atomic E-state index is 0. The van der Waals surface area contributed by atoms with Crippen LogP contribution in [-0.2, 0) is 0 Å². The highest BCUT2D eigenvalue weighted by molar-refractivity contribution is 4.63. The molecule has 1 nitrogen and oxygen atoms in total. The average molecular weight is 444 g/mol. The SMILES string of the molecule is CCCCCCCCCCCCC1CC[NH+](CCCCCCCCCCCC)C1.[Cl-]. The molecular formula is C28H58ClN. The maximum atomic E-state index is 2.31.